The van der Waals surface area contributed by atoms with Crippen LogP contribution in [-0.4, -0.2) is 19.2 Å². The molecule has 0 heterocycles. The second-order valence-corrected chi connectivity index (χ2v) is 8.17. The average molecular weight is 535 g/mol. The van der Waals surface area contributed by atoms with Gasteiger partial charge in [0.05, 0.1) is 18.3 Å². The van der Waals surface area contributed by atoms with Gasteiger partial charge in [-0.15, -0.1) is 0 Å². The number of ether oxygens (including phenoxy) is 2. The molecule has 1 N–H and O–H groups in total. The van der Waals surface area contributed by atoms with Crippen molar-refractivity contribution in [2.45, 2.75) is 13.5 Å². The van der Waals surface area contributed by atoms with Crippen molar-refractivity contribution >= 4 is 46.3 Å². The van der Waals surface area contributed by atoms with Crippen molar-refractivity contribution < 1.29 is 14.3 Å². The molecule has 0 atom stereocenters. The van der Waals surface area contributed by atoms with Crippen molar-refractivity contribution in [2.75, 3.05) is 7.11 Å². The standard InChI is InChI=1S/C23H20ClIN2O3/c1-15-6-8-16(9-7-15)14-30-22-20(24)10-17(11-21(22)29-2)13-26-27-23(28)18-4-3-5-19(25)12-18/h3-13H,14H2,1-2H3,(H,27,28)/b26-13-. The van der Waals surface area contributed by atoms with E-state index in [2.05, 4.69) is 33.1 Å². The minimum Gasteiger partial charge on any atom is -0.493 e. The van der Waals surface area contributed by atoms with Crippen LogP contribution in [0.5, 0.6) is 11.5 Å². The Balaban J connectivity index is 1.69. The van der Waals surface area contributed by atoms with Gasteiger partial charge in [-0.3, -0.25) is 4.79 Å². The molecule has 5 nitrogen and oxygen atoms in total. The summed E-state index contributed by atoms with van der Waals surface area (Å²) in [7, 11) is 1.55. The third kappa shape index (κ3) is 5.96. The van der Waals surface area contributed by atoms with Crippen LogP contribution in [-0.2, 0) is 6.61 Å². The normalized spacial score (nSPS) is 10.8. The predicted octanol–water partition coefficient (Wildman–Crippen LogP) is 5.60. The first-order valence-corrected chi connectivity index (χ1v) is 10.6. The summed E-state index contributed by atoms with van der Waals surface area (Å²) in [6, 6.07) is 18.8. The number of benzene rings is 3. The van der Waals surface area contributed by atoms with E-state index in [1.165, 1.54) is 11.8 Å². The average Bonchev–Trinajstić information content (AvgIpc) is 2.73. The fourth-order valence-corrected chi connectivity index (χ4v) is 3.47. The Labute approximate surface area is 194 Å². The number of carbonyl (C=O) groups excluding carboxylic acids is 1. The highest BCUT2D eigenvalue weighted by atomic mass is 127. The van der Waals surface area contributed by atoms with Crippen LogP contribution in [0.3, 0.4) is 0 Å². The first-order chi connectivity index (χ1) is 14.5. The van der Waals surface area contributed by atoms with Crippen LogP contribution in [0.15, 0.2) is 65.8 Å². The smallest absolute Gasteiger partial charge is 0.271 e. The maximum atomic E-state index is 12.2. The molecule has 0 radical (unpaired) electrons. The van der Waals surface area contributed by atoms with Gasteiger partial charge in [0.2, 0.25) is 0 Å². The topological polar surface area (TPSA) is 59.9 Å². The molecule has 3 rings (SSSR count). The molecule has 0 spiro atoms. The molecule has 7 heteroatoms. The monoisotopic (exact) mass is 534 g/mol. The molecule has 0 aliphatic rings. The molecular weight excluding hydrogens is 515 g/mol. The molecule has 0 aromatic heterocycles. The maximum Gasteiger partial charge on any atom is 0.271 e. The number of hydrogen-bond donors (Lipinski definition) is 1. The van der Waals surface area contributed by atoms with Crippen molar-refractivity contribution in [1.29, 1.82) is 0 Å². The van der Waals surface area contributed by atoms with Crippen LogP contribution in [0.2, 0.25) is 5.02 Å². The Bertz CT molecular complexity index is 1070. The third-order valence-corrected chi connectivity index (χ3v) is 5.17. The number of halogens is 2. The van der Waals surface area contributed by atoms with Crippen molar-refractivity contribution in [3.8, 4) is 11.5 Å². The highest BCUT2D eigenvalue weighted by molar-refractivity contribution is 14.1. The molecule has 30 heavy (non-hydrogen) atoms. The second-order valence-electron chi connectivity index (χ2n) is 6.52. The number of methoxy groups -OCH3 is 1. The first-order valence-electron chi connectivity index (χ1n) is 9.11. The molecule has 0 bridgehead atoms. The highest BCUT2D eigenvalue weighted by Crippen LogP contribution is 2.36. The summed E-state index contributed by atoms with van der Waals surface area (Å²) in [5.41, 5.74) is 5.93. The SMILES string of the molecule is COc1cc(/C=N\NC(=O)c2cccc(I)c2)cc(Cl)c1OCc1ccc(C)cc1. The van der Waals surface area contributed by atoms with Crippen LogP contribution < -0.4 is 14.9 Å². The van der Waals surface area contributed by atoms with Gasteiger partial charge in [-0.1, -0.05) is 47.5 Å². The number of nitrogens with one attached hydrogen (secondary N) is 1. The van der Waals surface area contributed by atoms with Gasteiger partial charge in [-0.2, -0.15) is 5.10 Å². The number of aryl methyl sites for hydroxylation is 1. The Hall–Kier alpha value is -2.58. The van der Waals surface area contributed by atoms with Gasteiger partial charge in [0.1, 0.15) is 6.61 Å². The molecule has 1 amide bonds. The summed E-state index contributed by atoms with van der Waals surface area (Å²) >= 11 is 8.56. The fraction of sp³-hybridized carbons (Fsp3) is 0.130. The fourth-order valence-electron chi connectivity index (χ4n) is 2.65. The lowest BCUT2D eigenvalue weighted by Gasteiger charge is -2.13. The summed E-state index contributed by atoms with van der Waals surface area (Å²) in [4.78, 5) is 12.2. The largest absolute Gasteiger partial charge is 0.493 e. The van der Waals surface area contributed by atoms with Crippen molar-refractivity contribution in [3.05, 3.63) is 91.5 Å². The van der Waals surface area contributed by atoms with E-state index < -0.39 is 0 Å². The lowest BCUT2D eigenvalue weighted by atomic mass is 10.1. The van der Waals surface area contributed by atoms with Crippen LogP contribution in [0.25, 0.3) is 0 Å². The van der Waals surface area contributed by atoms with Crippen molar-refractivity contribution in [1.82, 2.24) is 5.43 Å². The molecule has 0 saturated carbocycles. The molecule has 0 aliphatic carbocycles. The lowest BCUT2D eigenvalue weighted by Crippen LogP contribution is -2.17. The highest BCUT2D eigenvalue weighted by Gasteiger charge is 2.12. The number of hydrogen-bond acceptors (Lipinski definition) is 4. The van der Waals surface area contributed by atoms with Gasteiger partial charge in [0.25, 0.3) is 5.91 Å². The zero-order chi connectivity index (χ0) is 21.5. The van der Waals surface area contributed by atoms with E-state index in [9.17, 15) is 4.79 Å². The lowest BCUT2D eigenvalue weighted by molar-refractivity contribution is 0.0955. The summed E-state index contributed by atoms with van der Waals surface area (Å²) < 4.78 is 12.3. The van der Waals surface area contributed by atoms with Crippen molar-refractivity contribution in [3.63, 3.8) is 0 Å². The number of amides is 1. The van der Waals surface area contributed by atoms with E-state index in [1.807, 2.05) is 43.3 Å². The molecular formula is C23H20ClIN2O3. The number of carbonyl (C=O) groups is 1. The maximum absolute atomic E-state index is 12.2. The van der Waals surface area contributed by atoms with Crippen LogP contribution in [0, 0.1) is 10.5 Å². The van der Waals surface area contributed by atoms with Crippen LogP contribution in [0.1, 0.15) is 27.0 Å². The minimum atomic E-state index is -0.291. The van der Waals surface area contributed by atoms with Gasteiger partial charge < -0.3 is 9.47 Å². The molecule has 0 aliphatic heterocycles. The van der Waals surface area contributed by atoms with Crippen molar-refractivity contribution in [2.24, 2.45) is 5.10 Å². The molecule has 0 fully saturated rings. The van der Waals surface area contributed by atoms with E-state index >= 15 is 0 Å². The van der Waals surface area contributed by atoms with E-state index in [-0.39, 0.29) is 5.91 Å². The predicted molar refractivity (Wildman–Crippen MR) is 128 cm³/mol. The van der Waals surface area contributed by atoms with E-state index in [0.717, 1.165) is 9.13 Å². The van der Waals surface area contributed by atoms with Gasteiger partial charge in [0.15, 0.2) is 11.5 Å². The van der Waals surface area contributed by atoms with Gasteiger partial charge in [-0.05, 0) is 71.0 Å². The number of hydrazone groups is 1. The second kappa shape index (κ2) is 10.4. The number of rotatable bonds is 7. The summed E-state index contributed by atoms with van der Waals surface area (Å²) in [6.07, 6.45) is 1.50. The summed E-state index contributed by atoms with van der Waals surface area (Å²) in [5, 5.41) is 4.41. The van der Waals surface area contributed by atoms with Crippen LogP contribution >= 0.6 is 34.2 Å². The van der Waals surface area contributed by atoms with E-state index in [4.69, 9.17) is 21.1 Å². The Morgan fingerprint density at radius 1 is 1.17 bits per heavy atom. The van der Waals surface area contributed by atoms with Gasteiger partial charge in [0, 0.05) is 9.13 Å². The zero-order valence-corrected chi connectivity index (χ0v) is 19.4. The first kappa shape index (κ1) is 22.1. The molecule has 3 aromatic rings. The van der Waals surface area contributed by atoms with Gasteiger partial charge in [-0.25, -0.2) is 5.43 Å². The molecule has 0 saturated heterocycles. The minimum absolute atomic E-state index is 0.291. The summed E-state index contributed by atoms with van der Waals surface area (Å²) in [6.45, 7) is 2.41. The van der Waals surface area contributed by atoms with Gasteiger partial charge >= 0.3 is 0 Å². The van der Waals surface area contributed by atoms with E-state index in [1.54, 1.807) is 31.4 Å². The quantitative estimate of drug-likeness (QED) is 0.244. The van der Waals surface area contributed by atoms with E-state index in [0.29, 0.717) is 34.3 Å². The summed E-state index contributed by atoms with van der Waals surface area (Å²) in [5.74, 6) is 0.653. The Morgan fingerprint density at radius 3 is 2.63 bits per heavy atom. The third-order valence-electron chi connectivity index (χ3n) is 4.22. The number of nitrogens with zero attached hydrogens (tertiary/aromatic N) is 1. The zero-order valence-electron chi connectivity index (χ0n) is 16.5. The Morgan fingerprint density at radius 2 is 1.93 bits per heavy atom. The molecule has 3 aromatic carbocycles. The van der Waals surface area contributed by atoms with Crippen LogP contribution in [0.4, 0.5) is 0 Å². The Kier molecular flexibility index (Phi) is 7.70. The molecule has 154 valence electrons. The molecule has 0 unspecified atom stereocenters.